The van der Waals surface area contributed by atoms with E-state index in [0.717, 1.165) is 18.7 Å². The molecule has 172 valence electrons. The van der Waals surface area contributed by atoms with Crippen molar-refractivity contribution in [3.05, 3.63) is 52.3 Å². The number of sulfonamides is 1. The minimum Gasteiger partial charge on any atom is -0.367 e. The minimum absolute atomic E-state index is 0.100. The molecule has 1 saturated heterocycles. The van der Waals surface area contributed by atoms with Gasteiger partial charge in [0.15, 0.2) is 0 Å². The van der Waals surface area contributed by atoms with Gasteiger partial charge in [-0.2, -0.15) is 0 Å². The van der Waals surface area contributed by atoms with Gasteiger partial charge in [0.05, 0.1) is 10.6 Å². The Morgan fingerprint density at radius 2 is 1.81 bits per heavy atom. The van der Waals surface area contributed by atoms with Gasteiger partial charge in [-0.3, -0.25) is 9.69 Å². The Kier molecular flexibility index (Phi) is 6.85. The first-order valence-corrected chi connectivity index (χ1v) is 12.9. The third-order valence-electron chi connectivity index (χ3n) is 5.98. The fourth-order valence-electron chi connectivity index (χ4n) is 4.26. The van der Waals surface area contributed by atoms with Crippen LogP contribution < -0.4 is 14.5 Å². The van der Waals surface area contributed by atoms with E-state index in [1.54, 1.807) is 29.2 Å². The summed E-state index contributed by atoms with van der Waals surface area (Å²) in [5.74, 6) is -0.325. The van der Waals surface area contributed by atoms with Crippen LogP contribution in [-0.4, -0.2) is 65.0 Å². The van der Waals surface area contributed by atoms with Crippen molar-refractivity contribution in [3.8, 4) is 0 Å². The molecule has 4 rings (SSSR count). The molecule has 0 radical (unpaired) electrons. The molecule has 0 bridgehead atoms. The summed E-state index contributed by atoms with van der Waals surface area (Å²) in [5.41, 5.74) is 2.22. The van der Waals surface area contributed by atoms with Crippen molar-refractivity contribution in [2.45, 2.75) is 18.2 Å². The van der Waals surface area contributed by atoms with Gasteiger partial charge in [0, 0.05) is 62.9 Å². The maximum absolute atomic E-state index is 14.0. The van der Waals surface area contributed by atoms with Crippen molar-refractivity contribution >= 4 is 43.2 Å². The number of para-hydroxylation sites is 1. The lowest BCUT2D eigenvalue weighted by Gasteiger charge is -2.36. The zero-order valence-electron chi connectivity index (χ0n) is 17.9. The van der Waals surface area contributed by atoms with Crippen molar-refractivity contribution in [1.82, 2.24) is 9.62 Å². The average Bonchev–Trinajstić information content (AvgIpc) is 3.17. The van der Waals surface area contributed by atoms with Crippen LogP contribution in [0.3, 0.4) is 0 Å². The van der Waals surface area contributed by atoms with Crippen LogP contribution in [0.25, 0.3) is 0 Å². The molecule has 0 saturated carbocycles. The van der Waals surface area contributed by atoms with Crippen molar-refractivity contribution in [2.24, 2.45) is 0 Å². The number of halogens is 2. The molecular weight excluding hydrogens is 499 g/mol. The summed E-state index contributed by atoms with van der Waals surface area (Å²) in [7, 11) is -3.74. The van der Waals surface area contributed by atoms with Crippen LogP contribution in [0.5, 0.6) is 0 Å². The Labute approximate surface area is 196 Å². The van der Waals surface area contributed by atoms with E-state index in [1.165, 1.54) is 13.0 Å². The average molecular weight is 525 g/mol. The van der Waals surface area contributed by atoms with Crippen molar-refractivity contribution < 1.29 is 17.6 Å². The maximum Gasteiger partial charge on any atom is 0.241 e. The molecule has 0 atom stereocenters. The Morgan fingerprint density at radius 3 is 2.50 bits per heavy atom. The van der Waals surface area contributed by atoms with Crippen molar-refractivity contribution in [1.29, 1.82) is 0 Å². The summed E-state index contributed by atoms with van der Waals surface area (Å²) >= 11 is 3.38. The van der Waals surface area contributed by atoms with Gasteiger partial charge in [0.25, 0.3) is 0 Å². The predicted molar refractivity (Wildman–Crippen MR) is 126 cm³/mol. The first-order valence-electron chi connectivity index (χ1n) is 10.6. The lowest BCUT2D eigenvalue weighted by atomic mass is 10.2. The predicted octanol–water partition coefficient (Wildman–Crippen LogP) is 2.60. The Balaban J connectivity index is 1.34. The highest BCUT2D eigenvalue weighted by Gasteiger charge is 2.27. The van der Waals surface area contributed by atoms with Gasteiger partial charge in [-0.1, -0.05) is 12.1 Å². The number of carbonyl (C=O) groups excluding carboxylic acids is 1. The van der Waals surface area contributed by atoms with Gasteiger partial charge in [-0.25, -0.2) is 17.5 Å². The van der Waals surface area contributed by atoms with Gasteiger partial charge in [0.2, 0.25) is 15.9 Å². The molecule has 2 aliphatic heterocycles. The van der Waals surface area contributed by atoms with Crippen LogP contribution in [0.2, 0.25) is 0 Å². The van der Waals surface area contributed by atoms with E-state index in [2.05, 4.69) is 25.6 Å². The number of hydrogen-bond acceptors (Lipinski definition) is 5. The van der Waals surface area contributed by atoms with E-state index in [9.17, 15) is 17.6 Å². The Morgan fingerprint density at radius 1 is 1.09 bits per heavy atom. The number of amides is 1. The molecule has 1 fully saturated rings. The third-order valence-corrected chi connectivity index (χ3v) is 8.40. The third kappa shape index (κ3) is 4.83. The fraction of sp³-hybridized carbons (Fsp3) is 0.409. The first-order chi connectivity index (χ1) is 15.3. The van der Waals surface area contributed by atoms with Gasteiger partial charge < -0.3 is 9.80 Å². The van der Waals surface area contributed by atoms with Crippen molar-refractivity contribution in [2.75, 3.05) is 55.6 Å². The van der Waals surface area contributed by atoms with E-state index in [1.807, 2.05) is 11.0 Å². The van der Waals surface area contributed by atoms with E-state index in [4.69, 9.17) is 0 Å². The molecule has 2 heterocycles. The Bertz CT molecular complexity index is 1120. The quantitative estimate of drug-likeness (QED) is 0.628. The van der Waals surface area contributed by atoms with E-state index in [-0.39, 0.29) is 23.2 Å². The van der Waals surface area contributed by atoms with Crippen LogP contribution in [0, 0.1) is 5.82 Å². The van der Waals surface area contributed by atoms with Gasteiger partial charge in [-0.05, 0) is 52.2 Å². The van der Waals surface area contributed by atoms with Gasteiger partial charge in [0.1, 0.15) is 5.82 Å². The number of hydrogen-bond donors (Lipinski definition) is 1. The molecule has 0 aromatic heterocycles. The van der Waals surface area contributed by atoms with E-state index in [0.29, 0.717) is 48.4 Å². The highest BCUT2D eigenvalue weighted by atomic mass is 79.9. The number of benzene rings is 2. The molecule has 2 aromatic rings. The number of rotatable bonds is 6. The maximum atomic E-state index is 14.0. The molecule has 2 aliphatic rings. The molecule has 0 unspecified atom stereocenters. The molecule has 0 aliphatic carbocycles. The molecule has 32 heavy (non-hydrogen) atoms. The molecule has 7 nitrogen and oxygen atoms in total. The zero-order valence-corrected chi connectivity index (χ0v) is 20.3. The number of piperazine rings is 1. The fourth-order valence-corrected chi connectivity index (χ4v) is 6.39. The lowest BCUT2D eigenvalue weighted by molar-refractivity contribution is -0.116. The number of fused-ring (bicyclic) bond motifs is 1. The summed E-state index contributed by atoms with van der Waals surface area (Å²) in [6.07, 6.45) is 0.708. The van der Waals surface area contributed by atoms with Crippen LogP contribution in [-0.2, 0) is 21.2 Å². The first kappa shape index (κ1) is 23.2. The summed E-state index contributed by atoms with van der Waals surface area (Å²) in [6.45, 7) is 5.70. The highest BCUT2D eigenvalue weighted by Crippen LogP contribution is 2.35. The zero-order chi connectivity index (χ0) is 22.9. The van der Waals surface area contributed by atoms with E-state index < -0.39 is 10.0 Å². The largest absolute Gasteiger partial charge is 0.367 e. The summed E-state index contributed by atoms with van der Waals surface area (Å²) in [6, 6.07) is 10.1. The van der Waals surface area contributed by atoms with Crippen LogP contribution >= 0.6 is 15.9 Å². The second kappa shape index (κ2) is 9.46. The number of nitrogens with zero attached hydrogens (tertiary/aromatic N) is 3. The summed E-state index contributed by atoms with van der Waals surface area (Å²) < 4.78 is 43.0. The summed E-state index contributed by atoms with van der Waals surface area (Å²) in [5, 5.41) is 0. The molecular formula is C22H26BrFN4O3S. The topological polar surface area (TPSA) is 73.0 Å². The number of anilines is 2. The monoisotopic (exact) mass is 524 g/mol. The molecule has 10 heteroatoms. The normalized spacial score (nSPS) is 17.0. The van der Waals surface area contributed by atoms with Gasteiger partial charge in [-0.15, -0.1) is 0 Å². The van der Waals surface area contributed by atoms with Crippen LogP contribution in [0.4, 0.5) is 15.8 Å². The second-order valence-corrected chi connectivity index (χ2v) is 10.6. The smallest absolute Gasteiger partial charge is 0.241 e. The highest BCUT2D eigenvalue weighted by molar-refractivity contribution is 9.10. The standard InChI is InChI=1S/C22H26BrFN4O3S/c1-16(29)28-8-6-17-14-18(23)22(15-21(17)28)32(30,31)25-7-9-26-10-12-27(13-11-26)20-5-3-2-4-19(20)24/h2-5,14-15,25H,6-13H2,1H3. The second-order valence-electron chi connectivity index (χ2n) is 8.01. The molecule has 1 N–H and O–H groups in total. The Hall–Kier alpha value is -2.01. The van der Waals surface area contributed by atoms with Crippen molar-refractivity contribution in [3.63, 3.8) is 0 Å². The molecule has 0 spiro atoms. The van der Waals surface area contributed by atoms with Crippen LogP contribution in [0.15, 0.2) is 45.8 Å². The SMILES string of the molecule is CC(=O)N1CCc2cc(Br)c(S(=O)(=O)NCCN3CCN(c4ccccc4F)CC3)cc21. The number of nitrogens with one attached hydrogen (secondary N) is 1. The number of carbonyl (C=O) groups is 1. The molecule has 2 aromatic carbocycles. The molecule has 1 amide bonds. The van der Waals surface area contributed by atoms with E-state index >= 15 is 0 Å². The van der Waals surface area contributed by atoms with Crippen LogP contribution in [0.1, 0.15) is 12.5 Å². The minimum atomic E-state index is -3.74. The summed E-state index contributed by atoms with van der Waals surface area (Å²) in [4.78, 5) is 17.8. The lowest BCUT2D eigenvalue weighted by Crippen LogP contribution is -2.48. The van der Waals surface area contributed by atoms with Gasteiger partial charge >= 0.3 is 0 Å².